The van der Waals surface area contributed by atoms with Crippen molar-refractivity contribution in [1.29, 1.82) is 0 Å². The van der Waals surface area contributed by atoms with Gasteiger partial charge in [0.25, 0.3) is 5.88 Å². The molecule has 26 heavy (non-hydrogen) atoms. The zero-order chi connectivity index (χ0) is 18.5. The van der Waals surface area contributed by atoms with Crippen LogP contribution in [-0.4, -0.2) is 61.2 Å². The van der Waals surface area contributed by atoms with E-state index < -0.39 is 12.1 Å². The summed E-state index contributed by atoms with van der Waals surface area (Å²) in [5.74, 6) is 1.47. The minimum Gasteiger partial charge on any atom is -0.497 e. The third-order valence-electron chi connectivity index (χ3n) is 4.28. The van der Waals surface area contributed by atoms with Crippen molar-refractivity contribution >= 4 is 29.2 Å². The van der Waals surface area contributed by atoms with Crippen LogP contribution in [0.4, 0.5) is 11.5 Å². The Morgan fingerprint density at radius 2 is 1.73 bits per heavy atom. The second-order valence-corrected chi connectivity index (χ2v) is 6.38. The van der Waals surface area contributed by atoms with Gasteiger partial charge in [0, 0.05) is 31.9 Å². The summed E-state index contributed by atoms with van der Waals surface area (Å²) >= 11 is 1.08. The molecule has 1 saturated heterocycles. The van der Waals surface area contributed by atoms with Crippen molar-refractivity contribution in [3.8, 4) is 11.6 Å². The minimum atomic E-state index is -0.719. The van der Waals surface area contributed by atoms with Gasteiger partial charge in [0.2, 0.25) is 5.82 Å². The fourth-order valence-corrected chi connectivity index (χ4v) is 3.30. The van der Waals surface area contributed by atoms with Crippen molar-refractivity contribution in [2.75, 3.05) is 50.2 Å². The first-order chi connectivity index (χ1) is 12.6. The number of ether oxygens (including phenoxy) is 3. The molecule has 0 bridgehead atoms. The van der Waals surface area contributed by atoms with Crippen LogP contribution >= 0.6 is 11.7 Å². The van der Waals surface area contributed by atoms with Gasteiger partial charge in [-0.1, -0.05) is 0 Å². The second-order valence-electron chi connectivity index (χ2n) is 5.85. The summed E-state index contributed by atoms with van der Waals surface area (Å²) in [5.41, 5.74) is 1.16. The molecule has 1 fully saturated rings. The normalized spacial score (nSPS) is 15.5. The Kier molecular flexibility index (Phi) is 5.77. The van der Waals surface area contributed by atoms with Crippen molar-refractivity contribution in [3.05, 3.63) is 24.3 Å². The average molecular weight is 378 g/mol. The number of anilines is 2. The molecule has 9 heteroatoms. The molecular weight excluding hydrogens is 356 g/mol. The van der Waals surface area contributed by atoms with Gasteiger partial charge < -0.3 is 24.0 Å². The monoisotopic (exact) mass is 378 g/mol. The first kappa shape index (κ1) is 18.2. The first-order valence-corrected chi connectivity index (χ1v) is 9.06. The van der Waals surface area contributed by atoms with E-state index in [1.807, 2.05) is 12.1 Å². The SMILES string of the molecule is COC(=O)C(C)Oc1nsnc1N1CCN(c2ccc(OC)cc2)CC1. The van der Waals surface area contributed by atoms with Gasteiger partial charge in [0.05, 0.1) is 25.9 Å². The third kappa shape index (κ3) is 3.98. The van der Waals surface area contributed by atoms with Gasteiger partial charge in [-0.15, -0.1) is 4.37 Å². The highest BCUT2D eigenvalue weighted by atomic mass is 32.1. The molecule has 1 aliphatic heterocycles. The number of piperazine rings is 1. The molecule has 0 aliphatic carbocycles. The molecule has 3 rings (SSSR count). The lowest BCUT2D eigenvalue weighted by Gasteiger charge is -2.36. The van der Waals surface area contributed by atoms with Gasteiger partial charge in [-0.25, -0.2) is 4.79 Å². The maximum atomic E-state index is 11.5. The highest BCUT2D eigenvalue weighted by Crippen LogP contribution is 2.29. The van der Waals surface area contributed by atoms with E-state index >= 15 is 0 Å². The maximum absolute atomic E-state index is 11.5. The number of hydrogen-bond donors (Lipinski definition) is 0. The summed E-state index contributed by atoms with van der Waals surface area (Å²) in [6, 6.07) is 8.05. The van der Waals surface area contributed by atoms with E-state index in [0.29, 0.717) is 11.7 Å². The highest BCUT2D eigenvalue weighted by molar-refractivity contribution is 6.99. The van der Waals surface area contributed by atoms with Crippen molar-refractivity contribution in [1.82, 2.24) is 8.75 Å². The molecule has 1 unspecified atom stereocenters. The van der Waals surface area contributed by atoms with Gasteiger partial charge in [0.15, 0.2) is 6.10 Å². The van der Waals surface area contributed by atoms with E-state index in [0.717, 1.165) is 49.3 Å². The number of esters is 1. The van der Waals surface area contributed by atoms with Crippen LogP contribution in [0.5, 0.6) is 11.6 Å². The number of benzene rings is 1. The number of hydrogen-bond acceptors (Lipinski definition) is 9. The fourth-order valence-electron chi connectivity index (χ4n) is 2.79. The molecule has 1 atom stereocenters. The molecule has 0 radical (unpaired) electrons. The molecule has 140 valence electrons. The zero-order valence-corrected chi connectivity index (χ0v) is 15.9. The quantitative estimate of drug-likeness (QED) is 0.705. The molecule has 0 saturated carbocycles. The molecule has 1 aliphatic rings. The summed E-state index contributed by atoms with van der Waals surface area (Å²) in [7, 11) is 3.00. The largest absolute Gasteiger partial charge is 0.497 e. The number of nitrogens with zero attached hydrogens (tertiary/aromatic N) is 4. The van der Waals surface area contributed by atoms with Gasteiger partial charge in [-0.2, -0.15) is 4.37 Å². The van der Waals surface area contributed by atoms with Crippen molar-refractivity contribution in [2.45, 2.75) is 13.0 Å². The van der Waals surface area contributed by atoms with Crippen LogP contribution in [0, 0.1) is 0 Å². The molecule has 0 N–H and O–H groups in total. The topological polar surface area (TPSA) is 77.0 Å². The molecular formula is C17H22N4O4S. The number of carbonyl (C=O) groups excluding carboxylic acids is 1. The average Bonchev–Trinajstić information content (AvgIpc) is 3.15. The predicted octanol–water partition coefficient (Wildman–Crippen LogP) is 1.81. The number of methoxy groups -OCH3 is 2. The highest BCUT2D eigenvalue weighted by Gasteiger charge is 2.25. The third-order valence-corrected chi connectivity index (χ3v) is 4.78. The molecule has 1 aromatic heterocycles. The van der Waals surface area contributed by atoms with Crippen LogP contribution in [0.1, 0.15) is 6.92 Å². The molecule has 2 heterocycles. The Morgan fingerprint density at radius 1 is 1.08 bits per heavy atom. The predicted molar refractivity (Wildman–Crippen MR) is 99.4 cm³/mol. The Morgan fingerprint density at radius 3 is 2.35 bits per heavy atom. The summed E-state index contributed by atoms with van der Waals surface area (Å²) in [6.45, 7) is 4.93. The van der Waals surface area contributed by atoms with Gasteiger partial charge >= 0.3 is 5.97 Å². The van der Waals surface area contributed by atoms with Crippen LogP contribution in [0.2, 0.25) is 0 Å². The number of rotatable bonds is 6. The standard InChI is InChI=1S/C17H22N4O4S/c1-12(17(22)24-3)25-16-15(18-26-19-16)21-10-8-20(9-11-21)13-4-6-14(23-2)7-5-13/h4-7,12H,8-11H2,1-3H3. The van der Waals surface area contributed by atoms with E-state index in [2.05, 4.69) is 35.4 Å². The summed E-state index contributed by atoms with van der Waals surface area (Å²) in [6.07, 6.45) is -0.719. The smallest absolute Gasteiger partial charge is 0.346 e. The Labute approximate surface area is 156 Å². The van der Waals surface area contributed by atoms with Crippen LogP contribution in [0.3, 0.4) is 0 Å². The van der Waals surface area contributed by atoms with Crippen molar-refractivity contribution in [2.24, 2.45) is 0 Å². The van der Waals surface area contributed by atoms with Crippen LogP contribution in [0.15, 0.2) is 24.3 Å². The molecule has 0 spiro atoms. The Hall–Kier alpha value is -2.55. The lowest BCUT2D eigenvalue weighted by molar-refractivity contribution is -0.148. The molecule has 0 amide bonds. The number of carbonyl (C=O) groups is 1. The van der Waals surface area contributed by atoms with Gasteiger partial charge in [-0.05, 0) is 31.2 Å². The zero-order valence-electron chi connectivity index (χ0n) is 15.0. The number of aromatic nitrogens is 2. The van der Waals surface area contributed by atoms with Crippen molar-refractivity contribution in [3.63, 3.8) is 0 Å². The second kappa shape index (κ2) is 8.22. The molecule has 1 aromatic carbocycles. The summed E-state index contributed by atoms with van der Waals surface area (Å²) in [4.78, 5) is 16.0. The summed E-state index contributed by atoms with van der Waals surface area (Å²) < 4.78 is 24.0. The fraction of sp³-hybridized carbons (Fsp3) is 0.471. The van der Waals surface area contributed by atoms with E-state index in [1.165, 1.54) is 7.11 Å². The minimum absolute atomic E-state index is 0.380. The maximum Gasteiger partial charge on any atom is 0.346 e. The van der Waals surface area contributed by atoms with Crippen molar-refractivity contribution < 1.29 is 19.0 Å². The van der Waals surface area contributed by atoms with Crippen LogP contribution in [0.25, 0.3) is 0 Å². The lowest BCUT2D eigenvalue weighted by atomic mass is 10.2. The summed E-state index contributed by atoms with van der Waals surface area (Å²) in [5, 5.41) is 0. The van der Waals surface area contributed by atoms with Crippen LogP contribution < -0.4 is 19.3 Å². The Balaban J connectivity index is 1.61. The van der Waals surface area contributed by atoms with E-state index in [9.17, 15) is 4.79 Å². The first-order valence-electron chi connectivity index (χ1n) is 8.33. The van der Waals surface area contributed by atoms with E-state index in [-0.39, 0.29) is 0 Å². The molecule has 2 aromatic rings. The van der Waals surface area contributed by atoms with Gasteiger partial charge in [-0.3, -0.25) is 0 Å². The van der Waals surface area contributed by atoms with E-state index in [1.54, 1.807) is 14.0 Å². The van der Waals surface area contributed by atoms with Crippen LogP contribution in [-0.2, 0) is 9.53 Å². The molecule has 8 nitrogen and oxygen atoms in total. The van der Waals surface area contributed by atoms with E-state index in [4.69, 9.17) is 9.47 Å². The van der Waals surface area contributed by atoms with Gasteiger partial charge in [0.1, 0.15) is 5.75 Å². The Bertz CT molecular complexity index is 729. The lowest BCUT2D eigenvalue weighted by Crippen LogP contribution is -2.46.